The van der Waals surface area contributed by atoms with Gasteiger partial charge in [-0.2, -0.15) is 0 Å². The van der Waals surface area contributed by atoms with Crippen molar-refractivity contribution in [1.82, 2.24) is 9.62 Å². The van der Waals surface area contributed by atoms with E-state index in [2.05, 4.69) is 18.1 Å². The highest BCUT2D eigenvalue weighted by Gasteiger charge is 2.08. The Bertz CT molecular complexity index is 327. The summed E-state index contributed by atoms with van der Waals surface area (Å²) in [4.78, 5) is 11.5. The number of benzene rings is 1. The van der Waals surface area contributed by atoms with E-state index in [1.54, 1.807) is 4.31 Å². The van der Waals surface area contributed by atoms with Gasteiger partial charge >= 0.3 is 0 Å². The number of carbonyl (C=O) groups is 1. The number of nitrogens with zero attached hydrogens (tertiary/aromatic N) is 1. The summed E-state index contributed by atoms with van der Waals surface area (Å²) in [6, 6.07) is 10.1. The molecule has 0 radical (unpaired) electrons. The summed E-state index contributed by atoms with van der Waals surface area (Å²) in [7, 11) is 0. The highest BCUT2D eigenvalue weighted by molar-refractivity contribution is 7.77. The highest BCUT2D eigenvalue weighted by atomic mass is 32.1. The van der Waals surface area contributed by atoms with Gasteiger partial charge in [-0.1, -0.05) is 43.1 Å². The van der Waals surface area contributed by atoms with E-state index in [0.717, 1.165) is 5.56 Å². The average Bonchev–Trinajstić information content (AvgIpc) is 2.17. The van der Waals surface area contributed by atoms with E-state index in [9.17, 15) is 4.79 Å². The predicted octanol–water partition coefficient (Wildman–Crippen LogP) is 1.86. The first-order valence-electron chi connectivity index (χ1n) is 5.35. The Morgan fingerprint density at radius 3 is 2.56 bits per heavy atom. The van der Waals surface area contributed by atoms with Crippen molar-refractivity contribution in [3.63, 3.8) is 0 Å². The van der Waals surface area contributed by atoms with Crippen LogP contribution in [0.15, 0.2) is 30.3 Å². The first-order valence-corrected chi connectivity index (χ1v) is 5.75. The molecule has 0 unspecified atom stereocenters. The molecule has 1 aromatic rings. The fourth-order valence-electron chi connectivity index (χ4n) is 1.38. The second kappa shape index (κ2) is 6.55. The normalized spacial score (nSPS) is 10.8. The Kier molecular flexibility index (Phi) is 5.35. The minimum absolute atomic E-state index is 0.000862. The van der Waals surface area contributed by atoms with Crippen molar-refractivity contribution in [3.05, 3.63) is 35.9 Å². The zero-order valence-corrected chi connectivity index (χ0v) is 10.6. The molecule has 3 nitrogen and oxygen atoms in total. The van der Waals surface area contributed by atoms with Gasteiger partial charge in [-0.05, 0) is 19.4 Å². The van der Waals surface area contributed by atoms with Crippen LogP contribution in [0.3, 0.4) is 0 Å². The van der Waals surface area contributed by atoms with Crippen LogP contribution in [0.1, 0.15) is 19.4 Å². The van der Waals surface area contributed by atoms with Gasteiger partial charge in [-0.25, -0.2) is 4.31 Å². The van der Waals surface area contributed by atoms with Crippen LogP contribution in [0.5, 0.6) is 0 Å². The van der Waals surface area contributed by atoms with Gasteiger partial charge in [0, 0.05) is 12.6 Å². The maximum absolute atomic E-state index is 11.5. The van der Waals surface area contributed by atoms with Crippen molar-refractivity contribution in [1.29, 1.82) is 0 Å². The van der Waals surface area contributed by atoms with Crippen LogP contribution in [0, 0.1) is 0 Å². The second-order valence-corrected chi connectivity index (χ2v) is 4.60. The number of nitrogens with one attached hydrogen (secondary N) is 1. The molecule has 0 aromatic heterocycles. The van der Waals surface area contributed by atoms with Gasteiger partial charge in [-0.3, -0.25) is 4.79 Å². The van der Waals surface area contributed by atoms with Crippen molar-refractivity contribution < 1.29 is 4.79 Å². The summed E-state index contributed by atoms with van der Waals surface area (Å²) in [6.07, 6.45) is 0. The molecule has 1 amide bonds. The number of rotatable bonds is 5. The average molecular weight is 238 g/mol. The van der Waals surface area contributed by atoms with E-state index in [-0.39, 0.29) is 11.9 Å². The van der Waals surface area contributed by atoms with Gasteiger partial charge in [0.1, 0.15) is 0 Å². The van der Waals surface area contributed by atoms with Crippen LogP contribution < -0.4 is 5.32 Å². The second-order valence-electron chi connectivity index (χ2n) is 4.03. The van der Waals surface area contributed by atoms with Gasteiger partial charge in [-0.15, -0.1) is 0 Å². The Morgan fingerprint density at radius 1 is 1.38 bits per heavy atom. The van der Waals surface area contributed by atoms with Crippen LogP contribution in [-0.4, -0.2) is 22.8 Å². The lowest BCUT2D eigenvalue weighted by molar-refractivity contribution is -0.121. The van der Waals surface area contributed by atoms with Crippen LogP contribution in [0.25, 0.3) is 0 Å². The highest BCUT2D eigenvalue weighted by Crippen LogP contribution is 2.05. The zero-order valence-electron chi connectivity index (χ0n) is 9.68. The fourth-order valence-corrected chi connectivity index (χ4v) is 1.68. The maximum atomic E-state index is 11.5. The van der Waals surface area contributed by atoms with Crippen molar-refractivity contribution in [2.75, 3.05) is 6.54 Å². The molecule has 0 aliphatic carbocycles. The predicted molar refractivity (Wildman–Crippen MR) is 69.1 cm³/mol. The number of carbonyl (C=O) groups excluding carboxylic acids is 1. The van der Waals surface area contributed by atoms with Gasteiger partial charge in [0.15, 0.2) is 0 Å². The van der Waals surface area contributed by atoms with Gasteiger partial charge in [0.25, 0.3) is 0 Å². The summed E-state index contributed by atoms with van der Waals surface area (Å²) in [6.45, 7) is 4.85. The van der Waals surface area contributed by atoms with Crippen LogP contribution in [0.4, 0.5) is 0 Å². The Morgan fingerprint density at radius 2 is 2.00 bits per heavy atom. The molecule has 0 atom stereocenters. The van der Waals surface area contributed by atoms with E-state index < -0.39 is 0 Å². The van der Waals surface area contributed by atoms with Crippen LogP contribution in [-0.2, 0) is 11.3 Å². The lowest BCUT2D eigenvalue weighted by Crippen LogP contribution is -2.36. The lowest BCUT2D eigenvalue weighted by atomic mass is 10.2. The number of hydrogen-bond donors (Lipinski definition) is 2. The zero-order chi connectivity index (χ0) is 12.0. The summed E-state index contributed by atoms with van der Waals surface area (Å²) < 4.78 is 1.70. The molecule has 0 aliphatic rings. The molecule has 0 aliphatic heterocycles. The van der Waals surface area contributed by atoms with Gasteiger partial charge in [0.2, 0.25) is 5.91 Å². The summed E-state index contributed by atoms with van der Waals surface area (Å²) in [5, 5.41) is 2.83. The van der Waals surface area contributed by atoms with E-state index in [0.29, 0.717) is 13.1 Å². The molecule has 1 rings (SSSR count). The van der Waals surface area contributed by atoms with Crippen molar-refractivity contribution in [2.45, 2.75) is 26.4 Å². The van der Waals surface area contributed by atoms with Crippen molar-refractivity contribution in [2.24, 2.45) is 0 Å². The first kappa shape index (κ1) is 13.1. The minimum atomic E-state index is 0.000862. The third-order valence-corrected chi connectivity index (χ3v) is 2.27. The smallest absolute Gasteiger partial charge is 0.235 e. The number of thiol groups is 1. The molecule has 88 valence electrons. The molecule has 0 saturated carbocycles. The van der Waals surface area contributed by atoms with Crippen molar-refractivity contribution >= 4 is 18.7 Å². The SMILES string of the molecule is CC(C)NC(=O)CN(S)Cc1ccccc1. The largest absolute Gasteiger partial charge is 0.353 e. The molecule has 16 heavy (non-hydrogen) atoms. The van der Waals surface area contributed by atoms with Crippen LogP contribution in [0.2, 0.25) is 0 Å². The van der Waals surface area contributed by atoms with E-state index in [4.69, 9.17) is 0 Å². The molecule has 0 saturated heterocycles. The van der Waals surface area contributed by atoms with E-state index in [1.807, 2.05) is 44.2 Å². The Labute approximate surface area is 102 Å². The lowest BCUT2D eigenvalue weighted by Gasteiger charge is -2.16. The van der Waals surface area contributed by atoms with Gasteiger partial charge in [0.05, 0.1) is 6.54 Å². The number of hydrogen-bond acceptors (Lipinski definition) is 3. The quantitative estimate of drug-likeness (QED) is 0.767. The number of amides is 1. The molecular formula is C12H18N2OS. The molecule has 0 bridgehead atoms. The molecule has 0 spiro atoms. The maximum Gasteiger partial charge on any atom is 0.235 e. The van der Waals surface area contributed by atoms with E-state index in [1.165, 1.54) is 0 Å². The summed E-state index contributed by atoms with van der Waals surface area (Å²) in [5.41, 5.74) is 1.15. The summed E-state index contributed by atoms with van der Waals surface area (Å²) >= 11 is 4.28. The Hall–Kier alpha value is -1.00. The summed E-state index contributed by atoms with van der Waals surface area (Å²) in [5.74, 6) is 0.000862. The topological polar surface area (TPSA) is 32.3 Å². The fraction of sp³-hybridized carbons (Fsp3) is 0.417. The molecule has 1 aromatic carbocycles. The monoisotopic (exact) mass is 238 g/mol. The Balaban J connectivity index is 2.36. The van der Waals surface area contributed by atoms with Crippen molar-refractivity contribution in [3.8, 4) is 0 Å². The molecule has 0 fully saturated rings. The molecule has 4 heteroatoms. The molecule has 1 N–H and O–H groups in total. The minimum Gasteiger partial charge on any atom is -0.353 e. The first-order chi connectivity index (χ1) is 7.58. The van der Waals surface area contributed by atoms with Gasteiger partial charge < -0.3 is 5.32 Å². The van der Waals surface area contributed by atoms with Crippen LogP contribution >= 0.6 is 12.8 Å². The molecular weight excluding hydrogens is 220 g/mol. The van der Waals surface area contributed by atoms with E-state index >= 15 is 0 Å². The molecule has 0 heterocycles. The standard InChI is InChI=1S/C12H18N2OS/c1-10(2)13-12(15)9-14(16)8-11-6-4-3-5-7-11/h3-7,10,16H,8-9H2,1-2H3,(H,13,15). The third-order valence-electron chi connectivity index (χ3n) is 1.98. The third kappa shape index (κ3) is 5.19.